The summed E-state index contributed by atoms with van der Waals surface area (Å²) in [6.07, 6.45) is 4.54. The van der Waals surface area contributed by atoms with E-state index in [-0.39, 0.29) is 0 Å². The number of hydrogen-bond donors (Lipinski definition) is 0. The van der Waals surface area contributed by atoms with Crippen molar-refractivity contribution in [1.29, 1.82) is 0 Å². The highest BCUT2D eigenvalue weighted by atomic mass is 127. The van der Waals surface area contributed by atoms with Crippen molar-refractivity contribution < 1.29 is 0 Å². The minimum atomic E-state index is 1.12. The second-order valence-electron chi connectivity index (χ2n) is 3.13. The van der Waals surface area contributed by atoms with E-state index < -0.39 is 0 Å². The zero-order chi connectivity index (χ0) is 8.55. The molecule has 0 spiro atoms. The second kappa shape index (κ2) is 3.24. The molecule has 2 heterocycles. The van der Waals surface area contributed by atoms with Crippen LogP contribution in [0.5, 0.6) is 0 Å². The van der Waals surface area contributed by atoms with Gasteiger partial charge in [-0.3, -0.25) is 0 Å². The fraction of sp³-hybridized carbons (Fsp3) is 0.625. The molecule has 0 unspecified atom stereocenters. The summed E-state index contributed by atoms with van der Waals surface area (Å²) in [5.74, 6) is 1.12. The molecular weight excluding hydrogens is 265 g/mol. The quantitative estimate of drug-likeness (QED) is 0.727. The number of nitrogens with zero attached hydrogens (tertiary/aromatic N) is 3. The van der Waals surface area contributed by atoms with Gasteiger partial charge in [-0.2, -0.15) is 0 Å². The molecule has 1 fully saturated rings. The summed E-state index contributed by atoms with van der Waals surface area (Å²) in [5, 5.41) is 0. The predicted octanol–water partition coefficient (Wildman–Crippen LogP) is 1.62. The van der Waals surface area contributed by atoms with Crippen LogP contribution in [0.1, 0.15) is 12.8 Å². The van der Waals surface area contributed by atoms with Gasteiger partial charge in [-0.15, -0.1) is 0 Å². The molecule has 1 aromatic heterocycles. The average Bonchev–Trinajstić information content (AvgIpc) is 2.64. The van der Waals surface area contributed by atoms with Crippen LogP contribution in [-0.4, -0.2) is 22.6 Å². The Labute approximate surface area is 85.9 Å². The highest BCUT2D eigenvalue weighted by Gasteiger charge is 2.16. The van der Waals surface area contributed by atoms with Crippen molar-refractivity contribution in [2.75, 3.05) is 18.0 Å². The van der Waals surface area contributed by atoms with Crippen LogP contribution in [0.15, 0.2) is 6.20 Å². The van der Waals surface area contributed by atoms with E-state index in [0.29, 0.717) is 0 Å². The fourth-order valence-electron chi connectivity index (χ4n) is 1.59. The molecule has 12 heavy (non-hydrogen) atoms. The molecule has 4 heteroatoms. The Morgan fingerprint density at radius 2 is 2.08 bits per heavy atom. The van der Waals surface area contributed by atoms with E-state index in [0.717, 1.165) is 5.95 Å². The van der Waals surface area contributed by atoms with Crippen LogP contribution in [0.3, 0.4) is 0 Å². The SMILES string of the molecule is Cn1c(I)cnc1N1CCCC1. The molecule has 0 bridgehead atoms. The van der Waals surface area contributed by atoms with Crippen LogP contribution in [0.2, 0.25) is 0 Å². The Kier molecular flexibility index (Phi) is 2.25. The number of halogens is 1. The van der Waals surface area contributed by atoms with Gasteiger partial charge < -0.3 is 9.47 Å². The van der Waals surface area contributed by atoms with Gasteiger partial charge in [0.15, 0.2) is 0 Å². The molecule has 0 amide bonds. The standard InChI is InChI=1S/C8H12IN3/c1-11-7(9)6-10-8(11)12-4-2-3-5-12/h6H,2-5H2,1H3. The zero-order valence-electron chi connectivity index (χ0n) is 7.13. The van der Waals surface area contributed by atoms with Gasteiger partial charge in [-0.1, -0.05) is 0 Å². The third-order valence-electron chi connectivity index (χ3n) is 2.30. The van der Waals surface area contributed by atoms with Crippen molar-refractivity contribution in [3.05, 3.63) is 9.90 Å². The largest absolute Gasteiger partial charge is 0.342 e. The lowest BCUT2D eigenvalue weighted by Crippen LogP contribution is -2.21. The Morgan fingerprint density at radius 3 is 2.58 bits per heavy atom. The van der Waals surface area contributed by atoms with Crippen LogP contribution in [0.25, 0.3) is 0 Å². The molecule has 1 saturated heterocycles. The molecule has 3 nitrogen and oxygen atoms in total. The van der Waals surface area contributed by atoms with Crippen molar-refractivity contribution in [3.63, 3.8) is 0 Å². The lowest BCUT2D eigenvalue weighted by Gasteiger charge is -2.15. The van der Waals surface area contributed by atoms with Crippen molar-refractivity contribution in [3.8, 4) is 0 Å². The maximum Gasteiger partial charge on any atom is 0.206 e. The third-order valence-corrected chi connectivity index (χ3v) is 3.30. The number of anilines is 1. The lowest BCUT2D eigenvalue weighted by molar-refractivity contribution is 0.810. The van der Waals surface area contributed by atoms with Crippen LogP contribution < -0.4 is 4.90 Å². The Bertz CT molecular complexity index is 276. The van der Waals surface area contributed by atoms with E-state index in [1.165, 1.54) is 29.6 Å². The molecular formula is C8H12IN3. The van der Waals surface area contributed by atoms with Crippen LogP contribution >= 0.6 is 22.6 Å². The van der Waals surface area contributed by atoms with Gasteiger partial charge in [0.1, 0.15) is 3.70 Å². The Hall–Kier alpha value is -0.260. The fourth-order valence-corrected chi connectivity index (χ4v) is 1.95. The summed E-state index contributed by atoms with van der Waals surface area (Å²) in [6.45, 7) is 2.34. The van der Waals surface area contributed by atoms with Gasteiger partial charge in [-0.25, -0.2) is 4.98 Å². The van der Waals surface area contributed by atoms with Crippen molar-refractivity contribution in [2.24, 2.45) is 7.05 Å². The van der Waals surface area contributed by atoms with E-state index >= 15 is 0 Å². The number of rotatable bonds is 1. The third kappa shape index (κ3) is 1.32. The van der Waals surface area contributed by atoms with Gasteiger partial charge in [0.2, 0.25) is 5.95 Å². The van der Waals surface area contributed by atoms with Crippen LogP contribution in [-0.2, 0) is 7.05 Å². The minimum absolute atomic E-state index is 1.12. The second-order valence-corrected chi connectivity index (χ2v) is 4.24. The van der Waals surface area contributed by atoms with Crippen molar-refractivity contribution in [2.45, 2.75) is 12.8 Å². The summed E-state index contributed by atoms with van der Waals surface area (Å²) in [4.78, 5) is 6.73. The van der Waals surface area contributed by atoms with Crippen molar-refractivity contribution in [1.82, 2.24) is 9.55 Å². The van der Waals surface area contributed by atoms with E-state index in [9.17, 15) is 0 Å². The minimum Gasteiger partial charge on any atom is -0.342 e. The molecule has 0 atom stereocenters. The van der Waals surface area contributed by atoms with E-state index in [1.54, 1.807) is 0 Å². The highest BCUT2D eigenvalue weighted by molar-refractivity contribution is 14.1. The monoisotopic (exact) mass is 277 g/mol. The topological polar surface area (TPSA) is 21.1 Å². The number of imidazole rings is 1. The van der Waals surface area contributed by atoms with E-state index in [2.05, 4.69) is 44.1 Å². The van der Waals surface area contributed by atoms with Crippen LogP contribution in [0, 0.1) is 3.70 Å². The van der Waals surface area contributed by atoms with Crippen molar-refractivity contribution >= 4 is 28.5 Å². The molecule has 0 aromatic carbocycles. The summed E-state index contributed by atoms with van der Waals surface area (Å²) >= 11 is 2.31. The number of aromatic nitrogens is 2. The summed E-state index contributed by atoms with van der Waals surface area (Å²) < 4.78 is 3.35. The smallest absolute Gasteiger partial charge is 0.206 e. The molecule has 0 aliphatic carbocycles. The van der Waals surface area contributed by atoms with E-state index in [4.69, 9.17) is 0 Å². The molecule has 1 aromatic rings. The van der Waals surface area contributed by atoms with Gasteiger partial charge in [-0.05, 0) is 35.4 Å². The van der Waals surface area contributed by atoms with Crippen LogP contribution in [0.4, 0.5) is 5.95 Å². The first-order valence-corrected chi connectivity index (χ1v) is 5.29. The summed E-state index contributed by atoms with van der Waals surface area (Å²) in [5.41, 5.74) is 0. The predicted molar refractivity (Wildman–Crippen MR) is 57.4 cm³/mol. The van der Waals surface area contributed by atoms with Gasteiger partial charge in [0, 0.05) is 20.1 Å². The molecule has 2 rings (SSSR count). The molecule has 0 N–H and O–H groups in total. The van der Waals surface area contributed by atoms with Gasteiger partial charge >= 0.3 is 0 Å². The molecule has 1 aliphatic heterocycles. The van der Waals surface area contributed by atoms with Gasteiger partial charge in [0.05, 0.1) is 6.20 Å². The first kappa shape index (κ1) is 8.34. The Balaban J connectivity index is 2.26. The highest BCUT2D eigenvalue weighted by Crippen LogP contribution is 2.19. The normalized spacial score (nSPS) is 17.3. The summed E-state index contributed by atoms with van der Waals surface area (Å²) in [7, 11) is 2.07. The first-order valence-electron chi connectivity index (χ1n) is 4.21. The average molecular weight is 277 g/mol. The number of hydrogen-bond acceptors (Lipinski definition) is 2. The zero-order valence-corrected chi connectivity index (χ0v) is 9.28. The first-order chi connectivity index (χ1) is 5.79. The Morgan fingerprint density at radius 1 is 1.42 bits per heavy atom. The molecule has 1 aliphatic rings. The summed E-state index contributed by atoms with van der Waals surface area (Å²) in [6, 6.07) is 0. The lowest BCUT2D eigenvalue weighted by atomic mass is 10.4. The molecule has 66 valence electrons. The molecule has 0 radical (unpaired) electrons. The maximum atomic E-state index is 4.38. The van der Waals surface area contributed by atoms with Gasteiger partial charge in [0.25, 0.3) is 0 Å². The maximum absolute atomic E-state index is 4.38. The molecule has 0 saturated carbocycles. The van der Waals surface area contributed by atoms with E-state index in [1.807, 2.05) is 6.20 Å².